The smallest absolute Gasteiger partial charge is 0.185 e. The van der Waals surface area contributed by atoms with Crippen molar-refractivity contribution in [1.82, 2.24) is 0 Å². The first-order valence-electron chi connectivity index (χ1n) is 9.26. The van der Waals surface area contributed by atoms with Crippen molar-refractivity contribution >= 4 is 23.3 Å². The molecule has 5 rings (SSSR count). The highest BCUT2D eigenvalue weighted by molar-refractivity contribution is 6.06. The minimum absolute atomic E-state index is 0.0330. The lowest BCUT2D eigenvalue weighted by atomic mass is 9.73. The Morgan fingerprint density at radius 3 is 2.73 bits per heavy atom. The quantitative estimate of drug-likeness (QED) is 0.789. The number of anilines is 1. The van der Waals surface area contributed by atoms with Crippen molar-refractivity contribution in [1.29, 1.82) is 0 Å². The molecule has 4 atom stereocenters. The molecule has 1 saturated heterocycles. The molecule has 2 aromatic carbocycles. The summed E-state index contributed by atoms with van der Waals surface area (Å²) in [4.78, 5) is 28.3. The second-order valence-electron chi connectivity index (χ2n) is 7.74. The lowest BCUT2D eigenvalue weighted by molar-refractivity contribution is -0.121. The number of fused-ring (bicyclic) bond motifs is 6. The summed E-state index contributed by atoms with van der Waals surface area (Å²) in [6.07, 6.45) is 5.04. The van der Waals surface area contributed by atoms with Crippen LogP contribution in [0.1, 0.15) is 34.0 Å². The van der Waals surface area contributed by atoms with Crippen LogP contribution in [0.4, 0.5) is 5.69 Å². The SMILES string of the molecule is CC(=O)[C@@H]1[C@H]2Cc3ccccc3C(=O)[C@H]2N2c3c(C)cccc3C=C[C@H]12. The van der Waals surface area contributed by atoms with E-state index in [1.165, 1.54) is 0 Å². The van der Waals surface area contributed by atoms with E-state index in [4.69, 9.17) is 0 Å². The first-order chi connectivity index (χ1) is 12.6. The molecule has 3 aliphatic rings. The van der Waals surface area contributed by atoms with E-state index < -0.39 is 0 Å². The van der Waals surface area contributed by atoms with Gasteiger partial charge >= 0.3 is 0 Å². The minimum Gasteiger partial charge on any atom is -0.353 e. The number of hydrogen-bond acceptors (Lipinski definition) is 3. The summed E-state index contributed by atoms with van der Waals surface area (Å²) in [5.41, 5.74) is 5.31. The Morgan fingerprint density at radius 2 is 1.92 bits per heavy atom. The maximum absolute atomic E-state index is 13.5. The Kier molecular flexibility index (Phi) is 3.24. The van der Waals surface area contributed by atoms with Crippen LogP contribution in [0.2, 0.25) is 0 Å². The van der Waals surface area contributed by atoms with Crippen LogP contribution in [0.3, 0.4) is 0 Å². The fourth-order valence-corrected chi connectivity index (χ4v) is 5.34. The summed E-state index contributed by atoms with van der Waals surface area (Å²) < 4.78 is 0. The monoisotopic (exact) mass is 343 g/mol. The molecule has 2 heterocycles. The van der Waals surface area contributed by atoms with Gasteiger partial charge in [0.05, 0.1) is 12.1 Å². The Hall–Kier alpha value is -2.68. The van der Waals surface area contributed by atoms with Gasteiger partial charge in [0.2, 0.25) is 0 Å². The lowest BCUT2D eigenvalue weighted by Gasteiger charge is -2.38. The van der Waals surface area contributed by atoms with Crippen LogP contribution in [0.25, 0.3) is 6.08 Å². The average Bonchev–Trinajstić information content (AvgIpc) is 2.96. The summed E-state index contributed by atoms with van der Waals surface area (Å²) in [6.45, 7) is 3.77. The molecule has 0 unspecified atom stereocenters. The molecular formula is C23H21NO2. The number of carbonyl (C=O) groups is 2. The number of hydrogen-bond donors (Lipinski definition) is 0. The Labute approximate surface area is 153 Å². The number of benzene rings is 2. The normalized spacial score (nSPS) is 28.2. The van der Waals surface area contributed by atoms with Crippen molar-refractivity contribution in [2.45, 2.75) is 32.4 Å². The molecule has 2 aromatic rings. The maximum atomic E-state index is 13.5. The summed E-state index contributed by atoms with van der Waals surface area (Å²) >= 11 is 0. The van der Waals surface area contributed by atoms with E-state index in [1.807, 2.05) is 30.3 Å². The molecular weight excluding hydrogens is 322 g/mol. The van der Waals surface area contributed by atoms with Gasteiger partial charge in [-0.2, -0.15) is 0 Å². The first-order valence-corrected chi connectivity index (χ1v) is 9.26. The van der Waals surface area contributed by atoms with Crippen LogP contribution < -0.4 is 4.90 Å². The van der Waals surface area contributed by atoms with Crippen LogP contribution in [0.15, 0.2) is 48.5 Å². The molecule has 1 fully saturated rings. The first kappa shape index (κ1) is 15.6. The maximum Gasteiger partial charge on any atom is 0.185 e. The molecule has 0 aromatic heterocycles. The zero-order chi connectivity index (χ0) is 18.0. The molecule has 0 radical (unpaired) electrons. The molecule has 3 heteroatoms. The van der Waals surface area contributed by atoms with E-state index in [2.05, 4.69) is 36.1 Å². The van der Waals surface area contributed by atoms with E-state index in [0.29, 0.717) is 0 Å². The van der Waals surface area contributed by atoms with Crippen LogP contribution in [-0.2, 0) is 11.2 Å². The van der Waals surface area contributed by atoms with Gasteiger partial charge in [0.15, 0.2) is 5.78 Å². The molecule has 1 aliphatic carbocycles. The van der Waals surface area contributed by atoms with E-state index in [9.17, 15) is 9.59 Å². The third kappa shape index (κ3) is 1.94. The fraction of sp³-hybridized carbons (Fsp3) is 0.304. The van der Waals surface area contributed by atoms with Crippen LogP contribution in [0, 0.1) is 18.8 Å². The third-order valence-electron chi connectivity index (χ3n) is 6.33. The molecule has 0 bridgehead atoms. The van der Waals surface area contributed by atoms with Gasteiger partial charge in [0.25, 0.3) is 0 Å². The molecule has 26 heavy (non-hydrogen) atoms. The number of ketones is 2. The molecule has 0 amide bonds. The number of rotatable bonds is 1. The highest BCUT2D eigenvalue weighted by Gasteiger charge is 2.55. The molecule has 3 nitrogen and oxygen atoms in total. The molecule has 0 spiro atoms. The fourth-order valence-electron chi connectivity index (χ4n) is 5.34. The summed E-state index contributed by atoms with van der Waals surface area (Å²) in [5.74, 6) is 0.243. The van der Waals surface area contributed by atoms with Crippen molar-refractivity contribution in [3.8, 4) is 0 Å². The number of carbonyl (C=O) groups excluding carboxylic acids is 2. The molecule has 0 saturated carbocycles. The highest BCUT2D eigenvalue weighted by atomic mass is 16.1. The minimum atomic E-state index is -0.256. The highest BCUT2D eigenvalue weighted by Crippen LogP contribution is 2.49. The predicted molar refractivity (Wildman–Crippen MR) is 102 cm³/mol. The van der Waals surface area contributed by atoms with E-state index in [0.717, 1.165) is 34.4 Å². The van der Waals surface area contributed by atoms with E-state index in [-0.39, 0.29) is 35.5 Å². The zero-order valence-electron chi connectivity index (χ0n) is 15.0. The second kappa shape index (κ2) is 5.41. The van der Waals surface area contributed by atoms with Gasteiger partial charge in [-0.25, -0.2) is 0 Å². The van der Waals surface area contributed by atoms with Crippen LogP contribution in [-0.4, -0.2) is 23.7 Å². The zero-order valence-corrected chi connectivity index (χ0v) is 15.0. The second-order valence-corrected chi connectivity index (χ2v) is 7.74. The van der Waals surface area contributed by atoms with E-state index >= 15 is 0 Å². The van der Waals surface area contributed by atoms with Gasteiger partial charge in [-0.3, -0.25) is 9.59 Å². The van der Waals surface area contributed by atoms with Crippen molar-refractivity contribution in [2.24, 2.45) is 11.8 Å². The van der Waals surface area contributed by atoms with Crippen molar-refractivity contribution in [3.63, 3.8) is 0 Å². The standard InChI is InChI=1S/C23H21NO2/c1-13-6-5-8-15-10-11-19-20(14(2)25)18-12-16-7-3-4-9-17(16)23(26)22(18)24(19)21(13)15/h3-11,18-20,22H,12H2,1-2H3/t18-,19-,20-,22+/m1/s1. The predicted octanol–water partition coefficient (Wildman–Crippen LogP) is 3.84. The van der Waals surface area contributed by atoms with Crippen molar-refractivity contribution in [2.75, 3.05) is 4.90 Å². The number of Topliss-reactive ketones (excluding diaryl/α,β-unsaturated/α-hetero) is 2. The Morgan fingerprint density at radius 1 is 1.12 bits per heavy atom. The lowest BCUT2D eigenvalue weighted by Crippen LogP contribution is -2.46. The van der Waals surface area contributed by atoms with Gasteiger partial charge in [-0.05, 0) is 37.0 Å². The van der Waals surface area contributed by atoms with Crippen molar-refractivity contribution in [3.05, 3.63) is 70.8 Å². The number of aryl methyl sites for hydroxylation is 1. The summed E-state index contributed by atoms with van der Waals surface area (Å²) in [5, 5.41) is 0. The van der Waals surface area contributed by atoms with Gasteiger partial charge in [-0.15, -0.1) is 0 Å². The number of nitrogens with zero attached hydrogens (tertiary/aromatic N) is 1. The van der Waals surface area contributed by atoms with Gasteiger partial charge in [0.1, 0.15) is 5.78 Å². The Bertz CT molecular complexity index is 974. The van der Waals surface area contributed by atoms with E-state index in [1.54, 1.807) is 6.92 Å². The third-order valence-corrected chi connectivity index (χ3v) is 6.33. The molecule has 2 aliphatic heterocycles. The average molecular weight is 343 g/mol. The molecule has 130 valence electrons. The molecule has 0 N–H and O–H groups in total. The summed E-state index contributed by atoms with van der Waals surface area (Å²) in [6, 6.07) is 13.8. The van der Waals surface area contributed by atoms with Crippen LogP contribution >= 0.6 is 0 Å². The number of para-hydroxylation sites is 1. The topological polar surface area (TPSA) is 37.4 Å². The van der Waals surface area contributed by atoms with Crippen molar-refractivity contribution < 1.29 is 9.59 Å². The van der Waals surface area contributed by atoms with Crippen LogP contribution in [0.5, 0.6) is 0 Å². The van der Waals surface area contributed by atoms with Gasteiger partial charge in [0, 0.05) is 23.1 Å². The summed E-state index contributed by atoms with van der Waals surface area (Å²) in [7, 11) is 0. The largest absolute Gasteiger partial charge is 0.353 e. The van der Waals surface area contributed by atoms with Gasteiger partial charge < -0.3 is 4.90 Å². The Balaban J connectivity index is 1.73. The van der Waals surface area contributed by atoms with Gasteiger partial charge in [-0.1, -0.05) is 54.6 Å².